The number of nitrogens with one attached hydrogen (secondary N) is 1. The molecule has 114 valence electrons. The molecule has 1 aromatic carbocycles. The van der Waals surface area contributed by atoms with Crippen LogP contribution in [0.15, 0.2) is 34.8 Å². The number of benzene rings is 1. The maximum Gasteiger partial charge on any atom is 0.193 e. The molecule has 0 fully saturated rings. The van der Waals surface area contributed by atoms with Crippen molar-refractivity contribution in [3.05, 3.63) is 45.9 Å². The van der Waals surface area contributed by atoms with Crippen molar-refractivity contribution in [3.63, 3.8) is 0 Å². The molecule has 0 aliphatic heterocycles. The summed E-state index contributed by atoms with van der Waals surface area (Å²) in [6.45, 7) is 6.87. The Bertz CT molecular complexity index is 575. The van der Waals surface area contributed by atoms with Gasteiger partial charge in [-0.3, -0.25) is 4.99 Å². The summed E-state index contributed by atoms with van der Waals surface area (Å²) in [6, 6.07) is 6.24. The second kappa shape index (κ2) is 8.33. The standard InChI is InChI=1S/C15H20N4S.HI/c1-10-6-11(2)8-13(7-10)19-15(16)18-9-12(3)14-17-4-5-20-14;/h4-8,12H,9H2,1-3H3,(H3,16,18,19);1H. The monoisotopic (exact) mass is 416 g/mol. The lowest BCUT2D eigenvalue weighted by atomic mass is 10.1. The molecule has 21 heavy (non-hydrogen) atoms. The number of thiazole rings is 1. The van der Waals surface area contributed by atoms with E-state index in [2.05, 4.69) is 54.3 Å². The van der Waals surface area contributed by atoms with Crippen molar-refractivity contribution < 1.29 is 0 Å². The molecule has 0 amide bonds. The predicted molar refractivity (Wildman–Crippen MR) is 102 cm³/mol. The fourth-order valence-electron chi connectivity index (χ4n) is 2.03. The fourth-order valence-corrected chi connectivity index (χ4v) is 2.72. The fraction of sp³-hybridized carbons (Fsp3) is 0.333. The van der Waals surface area contributed by atoms with Crippen LogP contribution in [0.2, 0.25) is 0 Å². The van der Waals surface area contributed by atoms with E-state index in [0.717, 1.165) is 10.7 Å². The molecule has 0 saturated carbocycles. The molecule has 1 aromatic heterocycles. The molecule has 0 spiro atoms. The molecular formula is C15H21IN4S. The molecule has 2 aromatic rings. The molecule has 0 radical (unpaired) electrons. The first kappa shape index (κ1) is 17.9. The van der Waals surface area contributed by atoms with Crippen molar-refractivity contribution in [1.82, 2.24) is 4.98 Å². The largest absolute Gasteiger partial charge is 0.370 e. The highest BCUT2D eigenvalue weighted by molar-refractivity contribution is 14.0. The van der Waals surface area contributed by atoms with Gasteiger partial charge in [-0.1, -0.05) is 13.0 Å². The Morgan fingerprint density at radius 2 is 2.00 bits per heavy atom. The molecule has 1 atom stereocenters. The first-order chi connectivity index (χ1) is 9.54. The number of anilines is 1. The summed E-state index contributed by atoms with van der Waals surface area (Å²) in [7, 11) is 0. The number of halogens is 1. The van der Waals surface area contributed by atoms with Gasteiger partial charge in [0.25, 0.3) is 0 Å². The quantitative estimate of drug-likeness (QED) is 0.451. The van der Waals surface area contributed by atoms with Gasteiger partial charge in [0.15, 0.2) is 5.96 Å². The molecule has 1 unspecified atom stereocenters. The van der Waals surface area contributed by atoms with E-state index in [0.29, 0.717) is 12.5 Å². The average Bonchev–Trinajstić information content (AvgIpc) is 2.88. The minimum atomic E-state index is 0. The smallest absolute Gasteiger partial charge is 0.193 e. The van der Waals surface area contributed by atoms with E-state index in [1.807, 2.05) is 11.6 Å². The van der Waals surface area contributed by atoms with Crippen LogP contribution in [0.1, 0.15) is 29.0 Å². The number of guanidine groups is 1. The highest BCUT2D eigenvalue weighted by atomic mass is 127. The van der Waals surface area contributed by atoms with Crippen molar-refractivity contribution in [2.24, 2.45) is 10.7 Å². The Hall–Kier alpha value is -1.15. The van der Waals surface area contributed by atoms with E-state index < -0.39 is 0 Å². The summed E-state index contributed by atoms with van der Waals surface area (Å²) in [6.07, 6.45) is 1.82. The number of aromatic nitrogens is 1. The van der Waals surface area contributed by atoms with Gasteiger partial charge >= 0.3 is 0 Å². The summed E-state index contributed by atoms with van der Waals surface area (Å²) in [5.41, 5.74) is 9.32. The topological polar surface area (TPSA) is 63.3 Å². The third kappa shape index (κ3) is 5.62. The number of nitrogens with zero attached hydrogens (tertiary/aromatic N) is 2. The van der Waals surface area contributed by atoms with Gasteiger partial charge in [-0.2, -0.15) is 0 Å². The summed E-state index contributed by atoms with van der Waals surface area (Å²) in [5.74, 6) is 0.730. The highest BCUT2D eigenvalue weighted by Gasteiger charge is 2.07. The van der Waals surface area contributed by atoms with Gasteiger partial charge in [-0.15, -0.1) is 35.3 Å². The van der Waals surface area contributed by atoms with Gasteiger partial charge in [0.1, 0.15) is 0 Å². The van der Waals surface area contributed by atoms with E-state index in [1.54, 1.807) is 11.3 Å². The molecule has 3 N–H and O–H groups in total. The maximum atomic E-state index is 5.93. The SMILES string of the molecule is Cc1cc(C)cc(NC(N)=NCC(C)c2nccs2)c1.I. The molecule has 6 heteroatoms. The predicted octanol–water partition coefficient (Wildman–Crippen LogP) is 3.91. The molecule has 1 heterocycles. The van der Waals surface area contributed by atoms with Gasteiger partial charge in [0, 0.05) is 23.2 Å². The Morgan fingerprint density at radius 1 is 1.33 bits per heavy atom. The van der Waals surface area contributed by atoms with Crippen LogP contribution in [0.3, 0.4) is 0 Å². The van der Waals surface area contributed by atoms with Gasteiger partial charge in [0.05, 0.1) is 11.6 Å². The normalized spacial score (nSPS) is 12.6. The number of rotatable bonds is 4. The van der Waals surface area contributed by atoms with Crippen LogP contribution in [0.5, 0.6) is 0 Å². The lowest BCUT2D eigenvalue weighted by molar-refractivity contribution is 0.766. The lowest BCUT2D eigenvalue weighted by Gasteiger charge is -2.09. The molecule has 4 nitrogen and oxygen atoms in total. The van der Waals surface area contributed by atoms with Crippen LogP contribution in [-0.4, -0.2) is 17.5 Å². The van der Waals surface area contributed by atoms with Crippen LogP contribution < -0.4 is 11.1 Å². The Labute approximate surface area is 146 Å². The third-order valence-corrected chi connectivity index (χ3v) is 3.91. The van der Waals surface area contributed by atoms with Crippen molar-refractivity contribution in [2.45, 2.75) is 26.7 Å². The molecular weight excluding hydrogens is 395 g/mol. The van der Waals surface area contributed by atoms with E-state index in [-0.39, 0.29) is 29.9 Å². The third-order valence-electron chi connectivity index (χ3n) is 2.90. The summed E-state index contributed by atoms with van der Waals surface area (Å²) >= 11 is 1.65. The minimum absolute atomic E-state index is 0. The summed E-state index contributed by atoms with van der Waals surface area (Å²) in [5, 5.41) is 6.20. The second-order valence-electron chi connectivity index (χ2n) is 5.00. The lowest BCUT2D eigenvalue weighted by Crippen LogP contribution is -2.23. The van der Waals surface area contributed by atoms with Gasteiger partial charge in [0.2, 0.25) is 0 Å². The first-order valence-electron chi connectivity index (χ1n) is 6.59. The Kier molecular flexibility index (Phi) is 7.10. The zero-order valence-electron chi connectivity index (χ0n) is 12.5. The summed E-state index contributed by atoms with van der Waals surface area (Å²) in [4.78, 5) is 8.67. The van der Waals surface area contributed by atoms with Gasteiger partial charge in [-0.05, 0) is 37.1 Å². The first-order valence-corrected chi connectivity index (χ1v) is 7.47. The minimum Gasteiger partial charge on any atom is -0.370 e. The summed E-state index contributed by atoms with van der Waals surface area (Å²) < 4.78 is 0. The number of nitrogens with two attached hydrogens (primary N) is 1. The molecule has 2 rings (SSSR count). The number of hydrogen-bond donors (Lipinski definition) is 2. The second-order valence-corrected chi connectivity index (χ2v) is 5.92. The van der Waals surface area contributed by atoms with Gasteiger partial charge < -0.3 is 11.1 Å². The van der Waals surface area contributed by atoms with Crippen molar-refractivity contribution >= 4 is 47.0 Å². The van der Waals surface area contributed by atoms with Crippen molar-refractivity contribution in [3.8, 4) is 0 Å². The van der Waals surface area contributed by atoms with E-state index in [4.69, 9.17) is 5.73 Å². The van der Waals surface area contributed by atoms with Crippen LogP contribution in [0.4, 0.5) is 5.69 Å². The molecule has 0 aliphatic carbocycles. The highest BCUT2D eigenvalue weighted by Crippen LogP contribution is 2.18. The van der Waals surface area contributed by atoms with E-state index >= 15 is 0 Å². The van der Waals surface area contributed by atoms with E-state index in [9.17, 15) is 0 Å². The molecule has 0 aliphatic rings. The van der Waals surface area contributed by atoms with Crippen LogP contribution in [0.25, 0.3) is 0 Å². The zero-order chi connectivity index (χ0) is 14.5. The van der Waals surface area contributed by atoms with Crippen LogP contribution >= 0.6 is 35.3 Å². The molecule has 0 bridgehead atoms. The van der Waals surface area contributed by atoms with Gasteiger partial charge in [-0.25, -0.2) is 4.98 Å². The van der Waals surface area contributed by atoms with E-state index in [1.165, 1.54) is 11.1 Å². The van der Waals surface area contributed by atoms with Crippen molar-refractivity contribution in [2.75, 3.05) is 11.9 Å². The number of hydrogen-bond acceptors (Lipinski definition) is 3. The Morgan fingerprint density at radius 3 is 2.57 bits per heavy atom. The van der Waals surface area contributed by atoms with Crippen LogP contribution in [-0.2, 0) is 0 Å². The van der Waals surface area contributed by atoms with Crippen LogP contribution in [0, 0.1) is 13.8 Å². The zero-order valence-corrected chi connectivity index (χ0v) is 15.6. The number of aliphatic imine (C=N–C) groups is 1. The molecule has 0 saturated heterocycles. The van der Waals surface area contributed by atoms with Crippen molar-refractivity contribution in [1.29, 1.82) is 0 Å². The maximum absolute atomic E-state index is 5.93. The Balaban J connectivity index is 0.00000220. The number of aryl methyl sites for hydroxylation is 2. The average molecular weight is 416 g/mol.